The summed E-state index contributed by atoms with van der Waals surface area (Å²) in [7, 11) is 0. The van der Waals surface area contributed by atoms with Crippen molar-refractivity contribution in [2.24, 2.45) is 0 Å². The van der Waals surface area contributed by atoms with E-state index in [2.05, 4.69) is 10.6 Å². The van der Waals surface area contributed by atoms with Gasteiger partial charge in [0, 0.05) is 6.07 Å². The van der Waals surface area contributed by atoms with Crippen LogP contribution < -0.4 is 10.6 Å². The van der Waals surface area contributed by atoms with Crippen LogP contribution in [0.4, 0.5) is 25.0 Å². The van der Waals surface area contributed by atoms with Crippen LogP contribution in [0.5, 0.6) is 5.75 Å². The Morgan fingerprint density at radius 2 is 1.70 bits per heavy atom. The molecule has 4 nitrogen and oxygen atoms in total. The number of phenolic OH excluding ortho intramolecular Hbond substituents is 1. The highest BCUT2D eigenvalue weighted by atomic mass is 19.1. The fourth-order valence-electron chi connectivity index (χ4n) is 1.61. The fourth-order valence-corrected chi connectivity index (χ4v) is 1.61. The van der Waals surface area contributed by atoms with Gasteiger partial charge in [0.2, 0.25) is 0 Å². The normalized spacial score (nSPS) is 10.2. The molecule has 3 N–H and O–H groups in total. The maximum Gasteiger partial charge on any atom is 0.323 e. The molecule has 0 spiro atoms. The average molecular weight is 278 g/mol. The molecule has 0 aromatic heterocycles. The van der Waals surface area contributed by atoms with Gasteiger partial charge in [0.25, 0.3) is 0 Å². The van der Waals surface area contributed by atoms with Crippen molar-refractivity contribution in [2.75, 3.05) is 10.6 Å². The second-order valence-electron chi connectivity index (χ2n) is 4.22. The molecule has 0 atom stereocenters. The summed E-state index contributed by atoms with van der Waals surface area (Å²) in [6.07, 6.45) is 0. The van der Waals surface area contributed by atoms with Crippen LogP contribution in [0, 0.1) is 18.6 Å². The van der Waals surface area contributed by atoms with Crippen LogP contribution >= 0.6 is 0 Å². The largest absolute Gasteiger partial charge is 0.506 e. The number of rotatable bonds is 2. The standard InChI is InChI=1S/C14H12F2N2O2/c1-8-2-4-12(13(19)6-8)18-14(20)17-11-5-3-9(15)7-10(11)16/h2-7,19H,1H3,(H2,17,18,20). The van der Waals surface area contributed by atoms with Gasteiger partial charge in [-0.3, -0.25) is 0 Å². The number of aryl methyl sites for hydroxylation is 1. The molecule has 0 saturated carbocycles. The van der Waals surface area contributed by atoms with Gasteiger partial charge in [0.05, 0.1) is 11.4 Å². The van der Waals surface area contributed by atoms with E-state index in [-0.39, 0.29) is 17.1 Å². The number of hydrogen-bond donors (Lipinski definition) is 3. The maximum absolute atomic E-state index is 13.3. The van der Waals surface area contributed by atoms with Gasteiger partial charge >= 0.3 is 6.03 Å². The van der Waals surface area contributed by atoms with Gasteiger partial charge in [-0.25, -0.2) is 13.6 Å². The number of urea groups is 1. The highest BCUT2D eigenvalue weighted by Gasteiger charge is 2.10. The molecule has 2 amide bonds. The van der Waals surface area contributed by atoms with Crippen molar-refractivity contribution in [1.29, 1.82) is 0 Å². The number of phenols is 1. The predicted molar refractivity (Wildman–Crippen MR) is 71.8 cm³/mol. The Kier molecular flexibility index (Phi) is 3.84. The summed E-state index contributed by atoms with van der Waals surface area (Å²) in [4.78, 5) is 11.7. The Bertz CT molecular complexity index is 604. The van der Waals surface area contributed by atoms with E-state index in [1.807, 2.05) is 0 Å². The molecule has 6 heteroatoms. The molecule has 2 aromatic carbocycles. The molecule has 2 aromatic rings. The Morgan fingerprint density at radius 1 is 1.05 bits per heavy atom. The van der Waals surface area contributed by atoms with Gasteiger partial charge in [-0.1, -0.05) is 6.07 Å². The van der Waals surface area contributed by atoms with Crippen LogP contribution in [0.2, 0.25) is 0 Å². The first-order valence-electron chi connectivity index (χ1n) is 5.78. The third-order valence-corrected chi connectivity index (χ3v) is 2.58. The molecular weight excluding hydrogens is 266 g/mol. The molecule has 20 heavy (non-hydrogen) atoms. The minimum Gasteiger partial charge on any atom is -0.506 e. The fraction of sp³-hybridized carbons (Fsp3) is 0.0714. The number of nitrogens with one attached hydrogen (secondary N) is 2. The van der Waals surface area contributed by atoms with E-state index < -0.39 is 17.7 Å². The van der Waals surface area contributed by atoms with Gasteiger partial charge in [0.15, 0.2) is 0 Å². The summed E-state index contributed by atoms with van der Waals surface area (Å²) in [5.41, 5.74) is 0.865. The summed E-state index contributed by atoms with van der Waals surface area (Å²) < 4.78 is 26.1. The zero-order valence-corrected chi connectivity index (χ0v) is 10.6. The lowest BCUT2D eigenvalue weighted by molar-refractivity contribution is 0.262. The highest BCUT2D eigenvalue weighted by molar-refractivity contribution is 6.00. The van der Waals surface area contributed by atoms with Crippen LogP contribution in [-0.4, -0.2) is 11.1 Å². The summed E-state index contributed by atoms with van der Waals surface area (Å²) in [5.74, 6) is -1.71. The van der Waals surface area contributed by atoms with E-state index >= 15 is 0 Å². The van der Waals surface area contributed by atoms with Crippen molar-refractivity contribution in [3.05, 3.63) is 53.6 Å². The minimum absolute atomic E-state index is 0.0975. The minimum atomic E-state index is -0.881. The number of halogens is 2. The molecule has 0 saturated heterocycles. The third kappa shape index (κ3) is 3.23. The molecule has 0 radical (unpaired) electrons. The average Bonchev–Trinajstić information content (AvgIpc) is 2.36. The Hall–Kier alpha value is -2.63. The van der Waals surface area contributed by atoms with Gasteiger partial charge in [-0.2, -0.15) is 0 Å². The molecule has 0 fully saturated rings. The maximum atomic E-state index is 13.3. The van der Waals surface area contributed by atoms with E-state index in [0.29, 0.717) is 6.07 Å². The molecular formula is C14H12F2N2O2. The van der Waals surface area contributed by atoms with Crippen molar-refractivity contribution >= 4 is 17.4 Å². The van der Waals surface area contributed by atoms with Crippen molar-refractivity contribution < 1.29 is 18.7 Å². The van der Waals surface area contributed by atoms with E-state index in [1.165, 1.54) is 12.1 Å². The summed E-state index contributed by atoms with van der Waals surface area (Å²) in [6, 6.07) is 6.77. The van der Waals surface area contributed by atoms with E-state index in [4.69, 9.17) is 0 Å². The molecule has 0 aliphatic carbocycles. The zero-order chi connectivity index (χ0) is 14.7. The summed E-state index contributed by atoms with van der Waals surface area (Å²) in [5, 5.41) is 14.2. The van der Waals surface area contributed by atoms with Crippen LogP contribution in [0.15, 0.2) is 36.4 Å². The first-order chi connectivity index (χ1) is 9.45. The number of carbonyl (C=O) groups is 1. The van der Waals surface area contributed by atoms with Crippen molar-refractivity contribution in [2.45, 2.75) is 6.92 Å². The molecule has 0 aliphatic rings. The monoisotopic (exact) mass is 278 g/mol. The molecule has 104 valence electrons. The number of amides is 2. The Labute approximate surface area is 114 Å². The second-order valence-corrected chi connectivity index (χ2v) is 4.22. The lowest BCUT2D eigenvalue weighted by atomic mass is 10.2. The first-order valence-corrected chi connectivity index (χ1v) is 5.78. The van der Waals surface area contributed by atoms with Gasteiger partial charge in [-0.05, 0) is 36.8 Å². The van der Waals surface area contributed by atoms with Crippen molar-refractivity contribution in [1.82, 2.24) is 0 Å². The van der Waals surface area contributed by atoms with Crippen LogP contribution in [-0.2, 0) is 0 Å². The molecule has 0 unspecified atom stereocenters. The van der Waals surface area contributed by atoms with E-state index in [1.54, 1.807) is 13.0 Å². The Balaban J connectivity index is 2.09. The predicted octanol–water partition coefficient (Wildman–Crippen LogP) is 3.62. The molecule has 0 heterocycles. The smallest absolute Gasteiger partial charge is 0.323 e. The SMILES string of the molecule is Cc1ccc(NC(=O)Nc2ccc(F)cc2F)c(O)c1. The van der Waals surface area contributed by atoms with Crippen LogP contribution in [0.1, 0.15) is 5.56 Å². The number of aromatic hydroxyl groups is 1. The lowest BCUT2D eigenvalue weighted by Crippen LogP contribution is -2.20. The van der Waals surface area contributed by atoms with Gasteiger partial charge in [0.1, 0.15) is 17.4 Å². The lowest BCUT2D eigenvalue weighted by Gasteiger charge is -2.10. The van der Waals surface area contributed by atoms with Crippen LogP contribution in [0.25, 0.3) is 0 Å². The molecule has 0 bridgehead atoms. The van der Waals surface area contributed by atoms with Crippen molar-refractivity contribution in [3.8, 4) is 5.75 Å². The van der Waals surface area contributed by atoms with E-state index in [0.717, 1.165) is 17.7 Å². The first kappa shape index (κ1) is 13.8. The highest BCUT2D eigenvalue weighted by Crippen LogP contribution is 2.24. The quantitative estimate of drug-likeness (QED) is 0.735. The van der Waals surface area contributed by atoms with Gasteiger partial charge < -0.3 is 15.7 Å². The number of benzene rings is 2. The topological polar surface area (TPSA) is 61.4 Å². The molecule has 2 rings (SSSR count). The van der Waals surface area contributed by atoms with E-state index in [9.17, 15) is 18.7 Å². The third-order valence-electron chi connectivity index (χ3n) is 2.58. The number of anilines is 2. The zero-order valence-electron chi connectivity index (χ0n) is 10.6. The van der Waals surface area contributed by atoms with Gasteiger partial charge in [-0.15, -0.1) is 0 Å². The number of carbonyl (C=O) groups excluding carboxylic acids is 1. The number of hydrogen-bond acceptors (Lipinski definition) is 2. The summed E-state index contributed by atoms with van der Waals surface area (Å²) in [6.45, 7) is 1.79. The van der Waals surface area contributed by atoms with Crippen LogP contribution in [0.3, 0.4) is 0 Å². The second kappa shape index (κ2) is 5.56. The molecule has 0 aliphatic heterocycles. The summed E-state index contributed by atoms with van der Waals surface area (Å²) >= 11 is 0. The Morgan fingerprint density at radius 3 is 2.35 bits per heavy atom. The van der Waals surface area contributed by atoms with Crippen molar-refractivity contribution in [3.63, 3.8) is 0 Å².